The molecule has 0 aliphatic carbocycles. The van der Waals surface area contributed by atoms with Gasteiger partial charge in [-0.3, -0.25) is 4.79 Å². The Balaban J connectivity index is 1.41. The average molecular weight is 511 g/mol. The van der Waals surface area contributed by atoms with Crippen LogP contribution < -0.4 is 15.5 Å². The van der Waals surface area contributed by atoms with Crippen LogP contribution in [0.5, 0.6) is 0 Å². The van der Waals surface area contributed by atoms with Crippen molar-refractivity contribution < 1.29 is 21.6 Å². The Bertz CT molecular complexity index is 1310. The molecule has 0 amide bonds. The summed E-state index contributed by atoms with van der Waals surface area (Å²) in [6.45, 7) is 3.42. The van der Waals surface area contributed by atoms with Crippen molar-refractivity contribution in [2.75, 3.05) is 32.1 Å². The number of ether oxygens (including phenoxy) is 1. The first-order chi connectivity index (χ1) is 16.1. The summed E-state index contributed by atoms with van der Waals surface area (Å²) in [7, 11) is -6.06. The number of anilines is 1. The van der Waals surface area contributed by atoms with Gasteiger partial charge in [-0.2, -0.15) is 4.31 Å². The van der Waals surface area contributed by atoms with Crippen LogP contribution in [0.1, 0.15) is 26.2 Å². The van der Waals surface area contributed by atoms with Crippen molar-refractivity contribution in [2.45, 2.75) is 54.2 Å². The molecule has 186 valence electrons. The zero-order valence-electron chi connectivity index (χ0n) is 19.2. The number of benzene rings is 1. The number of nitrogens with zero attached hydrogens (tertiary/aromatic N) is 2. The topological polar surface area (TPSA) is 127 Å². The highest BCUT2D eigenvalue weighted by Crippen LogP contribution is 2.38. The molecule has 12 heteroatoms. The number of sulfonamides is 2. The van der Waals surface area contributed by atoms with E-state index in [4.69, 9.17) is 4.74 Å². The summed E-state index contributed by atoms with van der Waals surface area (Å²) in [4.78, 5) is 12.2. The Labute approximate surface area is 200 Å². The fourth-order valence-electron chi connectivity index (χ4n) is 4.56. The van der Waals surface area contributed by atoms with E-state index in [2.05, 4.69) is 10.0 Å². The van der Waals surface area contributed by atoms with Gasteiger partial charge in [-0.15, -0.1) is 0 Å². The normalized spacial score (nSPS) is 21.1. The molecule has 0 radical (unpaired) electrons. The van der Waals surface area contributed by atoms with Gasteiger partial charge in [0.1, 0.15) is 4.90 Å². The number of aryl methyl sites for hydroxylation is 1. The van der Waals surface area contributed by atoms with Crippen molar-refractivity contribution in [3.63, 3.8) is 0 Å². The molecule has 2 fully saturated rings. The first-order valence-electron chi connectivity index (χ1n) is 11.2. The summed E-state index contributed by atoms with van der Waals surface area (Å²) < 4.78 is 61.9. The Kier molecular flexibility index (Phi) is 6.89. The lowest BCUT2D eigenvalue weighted by Crippen LogP contribution is -2.47. The van der Waals surface area contributed by atoms with Crippen molar-refractivity contribution in [2.24, 2.45) is 0 Å². The predicted molar refractivity (Wildman–Crippen MR) is 128 cm³/mol. The maximum Gasteiger partial charge on any atom is 0.248 e. The maximum absolute atomic E-state index is 13.1. The van der Waals surface area contributed by atoms with Crippen LogP contribution in [-0.4, -0.2) is 64.1 Å². The van der Waals surface area contributed by atoms with E-state index in [-0.39, 0.29) is 28.9 Å². The van der Waals surface area contributed by atoms with Gasteiger partial charge < -0.3 is 14.6 Å². The van der Waals surface area contributed by atoms with E-state index in [0.717, 1.165) is 0 Å². The van der Waals surface area contributed by atoms with Gasteiger partial charge in [-0.25, -0.2) is 21.6 Å². The number of aromatic nitrogens is 1. The summed E-state index contributed by atoms with van der Waals surface area (Å²) in [5.74, 6) is 0. The number of pyridine rings is 1. The lowest BCUT2D eigenvalue weighted by molar-refractivity contribution is -0.0310. The Morgan fingerprint density at radius 1 is 1.15 bits per heavy atom. The largest absolute Gasteiger partial charge is 0.380 e. The van der Waals surface area contributed by atoms with Gasteiger partial charge in [0.15, 0.2) is 0 Å². The van der Waals surface area contributed by atoms with E-state index in [9.17, 15) is 21.6 Å². The minimum absolute atomic E-state index is 0.0263. The highest BCUT2D eigenvalue weighted by molar-refractivity contribution is 7.89. The second-order valence-electron chi connectivity index (χ2n) is 8.68. The minimum Gasteiger partial charge on any atom is -0.380 e. The van der Waals surface area contributed by atoms with Gasteiger partial charge in [0.2, 0.25) is 25.5 Å². The summed E-state index contributed by atoms with van der Waals surface area (Å²) in [5, 5.41) is 3.34. The van der Waals surface area contributed by atoms with Crippen LogP contribution in [0.4, 0.5) is 5.69 Å². The molecule has 1 spiro atoms. The predicted octanol–water partition coefficient (Wildman–Crippen LogP) is 1.20. The summed E-state index contributed by atoms with van der Waals surface area (Å²) in [6, 6.07) is 7.85. The molecule has 2 N–H and O–H groups in total. The fraction of sp³-hybridized carbons (Fsp3) is 0.500. The lowest BCUT2D eigenvalue weighted by Gasteiger charge is -2.37. The molecule has 0 bridgehead atoms. The third-order valence-corrected chi connectivity index (χ3v) is 9.87. The van der Waals surface area contributed by atoms with Gasteiger partial charge in [0.25, 0.3) is 0 Å². The molecule has 4 rings (SSSR count). The number of rotatable bonds is 7. The highest BCUT2D eigenvalue weighted by atomic mass is 32.2. The molecule has 2 aliphatic heterocycles. The molecule has 2 saturated heterocycles. The van der Waals surface area contributed by atoms with E-state index < -0.39 is 31.1 Å². The van der Waals surface area contributed by atoms with Crippen LogP contribution in [0.3, 0.4) is 0 Å². The second-order valence-corrected chi connectivity index (χ2v) is 12.5. The standard InChI is InChI=1S/C22H30N4O6S2/c1-3-25-10-7-20(27)21(15-25)34(30,31)26-11-8-22(9-12-26)14-18(16-32-22)24-17-5-4-6-19(13-17)33(28,29)23-2/h4-7,10,13,15,18,23-24H,3,8-9,11-12,14,16H2,1-2H3/t18-/m1/s1. The quantitative estimate of drug-likeness (QED) is 0.573. The monoisotopic (exact) mass is 510 g/mol. The zero-order valence-corrected chi connectivity index (χ0v) is 20.9. The van der Waals surface area contributed by atoms with Crippen molar-refractivity contribution in [3.8, 4) is 0 Å². The summed E-state index contributed by atoms with van der Waals surface area (Å²) >= 11 is 0. The molecule has 2 aliphatic rings. The second kappa shape index (κ2) is 9.42. The van der Waals surface area contributed by atoms with Crippen LogP contribution in [0.25, 0.3) is 0 Å². The van der Waals surface area contributed by atoms with Gasteiger partial charge in [-0.1, -0.05) is 6.07 Å². The third-order valence-electron chi connectivity index (χ3n) is 6.55. The maximum atomic E-state index is 13.1. The average Bonchev–Trinajstić information content (AvgIpc) is 3.21. The van der Waals surface area contributed by atoms with E-state index in [1.54, 1.807) is 29.0 Å². The number of piperidine rings is 1. The van der Waals surface area contributed by atoms with Crippen molar-refractivity contribution in [1.82, 2.24) is 13.6 Å². The molecule has 10 nitrogen and oxygen atoms in total. The zero-order chi connectivity index (χ0) is 24.6. The van der Waals surface area contributed by atoms with Crippen LogP contribution in [-0.2, 0) is 31.3 Å². The van der Waals surface area contributed by atoms with Crippen molar-refractivity contribution >= 4 is 25.7 Å². The van der Waals surface area contributed by atoms with Gasteiger partial charge in [0.05, 0.1) is 23.1 Å². The van der Waals surface area contributed by atoms with E-state index in [1.165, 1.54) is 29.7 Å². The molecular weight excluding hydrogens is 480 g/mol. The van der Waals surface area contributed by atoms with Crippen LogP contribution in [0.2, 0.25) is 0 Å². The molecule has 0 unspecified atom stereocenters. The third kappa shape index (κ3) is 4.91. The summed E-state index contributed by atoms with van der Waals surface area (Å²) in [6.07, 6.45) is 4.70. The van der Waals surface area contributed by atoms with Crippen molar-refractivity contribution in [3.05, 3.63) is 52.9 Å². The molecule has 34 heavy (non-hydrogen) atoms. The first kappa shape index (κ1) is 24.9. The number of hydrogen-bond acceptors (Lipinski definition) is 7. The Morgan fingerprint density at radius 2 is 1.88 bits per heavy atom. The number of nitrogens with one attached hydrogen (secondary N) is 2. The van der Waals surface area contributed by atoms with Crippen molar-refractivity contribution in [1.29, 1.82) is 0 Å². The lowest BCUT2D eigenvalue weighted by atomic mass is 9.88. The molecule has 1 aromatic heterocycles. The highest BCUT2D eigenvalue weighted by Gasteiger charge is 2.45. The summed E-state index contributed by atoms with van der Waals surface area (Å²) in [5.41, 5.74) is -0.272. The van der Waals surface area contributed by atoms with E-state index >= 15 is 0 Å². The van der Waals surface area contributed by atoms with Gasteiger partial charge in [-0.05, 0) is 51.4 Å². The Hall–Kier alpha value is -2.25. The van der Waals surface area contributed by atoms with Crippen LogP contribution in [0.15, 0.2) is 57.3 Å². The van der Waals surface area contributed by atoms with Gasteiger partial charge in [0, 0.05) is 43.8 Å². The van der Waals surface area contributed by atoms with Crippen LogP contribution in [0, 0.1) is 0 Å². The molecule has 1 atom stereocenters. The fourth-order valence-corrected chi connectivity index (χ4v) is 6.87. The number of hydrogen-bond donors (Lipinski definition) is 2. The van der Waals surface area contributed by atoms with E-state index in [1.807, 2.05) is 6.92 Å². The molecule has 0 saturated carbocycles. The van der Waals surface area contributed by atoms with Gasteiger partial charge >= 0.3 is 0 Å². The smallest absolute Gasteiger partial charge is 0.248 e. The van der Waals surface area contributed by atoms with E-state index in [0.29, 0.717) is 38.1 Å². The van der Waals surface area contributed by atoms with Crippen LogP contribution >= 0.6 is 0 Å². The molecule has 1 aromatic carbocycles. The minimum atomic E-state index is -3.89. The Morgan fingerprint density at radius 3 is 2.56 bits per heavy atom. The first-order valence-corrected chi connectivity index (χ1v) is 14.2. The molecule has 3 heterocycles. The SMILES string of the molecule is CCn1ccc(=O)c(S(=O)(=O)N2CCC3(CC2)C[C@@H](Nc2cccc(S(=O)(=O)NC)c2)CO3)c1. The molecule has 2 aromatic rings. The molecular formula is C22H30N4O6S2.